The van der Waals surface area contributed by atoms with Crippen LogP contribution in [0.2, 0.25) is 5.02 Å². The van der Waals surface area contributed by atoms with Crippen molar-refractivity contribution >= 4 is 23.6 Å². The fraction of sp³-hybridized carbons (Fsp3) is 0.579. The molecule has 3 aliphatic rings. The van der Waals surface area contributed by atoms with Crippen molar-refractivity contribution in [3.05, 3.63) is 34.9 Å². The van der Waals surface area contributed by atoms with Gasteiger partial charge in [0.25, 0.3) is 0 Å². The summed E-state index contributed by atoms with van der Waals surface area (Å²) in [5.74, 6) is 0.172. The second-order valence-corrected chi connectivity index (χ2v) is 8.12. The molecule has 0 aromatic heterocycles. The Kier molecular flexibility index (Phi) is 3.95. The van der Waals surface area contributed by atoms with Gasteiger partial charge in [-0.3, -0.25) is 4.79 Å². The lowest BCUT2D eigenvalue weighted by Crippen LogP contribution is -2.58. The summed E-state index contributed by atoms with van der Waals surface area (Å²) in [6.07, 6.45) is 4.20. The van der Waals surface area contributed by atoms with Gasteiger partial charge in [-0.05, 0) is 43.4 Å². The van der Waals surface area contributed by atoms with Crippen LogP contribution in [0, 0.1) is 0 Å². The van der Waals surface area contributed by atoms with Gasteiger partial charge in [-0.25, -0.2) is 4.79 Å². The third-order valence-corrected chi connectivity index (χ3v) is 6.23. The second-order valence-electron chi connectivity index (χ2n) is 7.68. The summed E-state index contributed by atoms with van der Waals surface area (Å²) in [6.45, 7) is 1.79. The number of likely N-dealkylation sites (tertiary alicyclic amines) is 1. The highest BCUT2D eigenvalue weighted by Crippen LogP contribution is 2.46. The standard InChI is InChI=1S/C19H23ClN2O3/c1-21-12-18(25-17(21)24)8-3-11-22(13-18)16(23)19(9-2-10-19)14-4-6-15(20)7-5-14/h4-7H,2-3,8-13H2,1H3. The largest absolute Gasteiger partial charge is 0.439 e. The van der Waals surface area contributed by atoms with E-state index in [-0.39, 0.29) is 12.0 Å². The van der Waals surface area contributed by atoms with Crippen molar-refractivity contribution in [2.24, 2.45) is 0 Å². The average molecular weight is 363 g/mol. The molecular weight excluding hydrogens is 340 g/mol. The SMILES string of the molecule is CN1CC2(CCCN(C(=O)C3(c4ccc(Cl)cc4)CCC3)C2)OC1=O. The number of amides is 2. The summed E-state index contributed by atoms with van der Waals surface area (Å²) < 4.78 is 5.64. The average Bonchev–Trinajstić information content (AvgIpc) is 2.81. The van der Waals surface area contributed by atoms with Gasteiger partial charge in [0.05, 0.1) is 18.5 Å². The van der Waals surface area contributed by atoms with Crippen LogP contribution in [-0.2, 0) is 14.9 Å². The van der Waals surface area contributed by atoms with Crippen LogP contribution in [0.5, 0.6) is 0 Å². The number of halogens is 1. The normalized spacial score (nSPS) is 28.0. The summed E-state index contributed by atoms with van der Waals surface area (Å²) in [5.41, 5.74) is 0.0794. The molecule has 0 radical (unpaired) electrons. The van der Waals surface area contributed by atoms with Crippen molar-refractivity contribution in [2.75, 3.05) is 26.7 Å². The maximum Gasteiger partial charge on any atom is 0.410 e. The summed E-state index contributed by atoms with van der Waals surface area (Å²) in [6, 6.07) is 7.66. The van der Waals surface area contributed by atoms with Crippen molar-refractivity contribution in [1.29, 1.82) is 0 Å². The lowest BCUT2D eigenvalue weighted by atomic mass is 9.63. The molecule has 2 amide bonds. The van der Waals surface area contributed by atoms with Crippen LogP contribution in [0.3, 0.4) is 0 Å². The first kappa shape index (κ1) is 16.7. The molecule has 2 saturated heterocycles. The lowest BCUT2D eigenvalue weighted by Gasteiger charge is -2.47. The van der Waals surface area contributed by atoms with Crippen LogP contribution in [0.4, 0.5) is 4.79 Å². The number of hydrogen-bond acceptors (Lipinski definition) is 3. The Hall–Kier alpha value is -1.75. The Morgan fingerprint density at radius 3 is 2.40 bits per heavy atom. The van der Waals surface area contributed by atoms with Crippen LogP contribution in [0.15, 0.2) is 24.3 Å². The molecule has 0 bridgehead atoms. The molecule has 5 nitrogen and oxygen atoms in total. The van der Waals surface area contributed by atoms with E-state index in [9.17, 15) is 9.59 Å². The van der Waals surface area contributed by atoms with E-state index in [2.05, 4.69) is 0 Å². The minimum absolute atomic E-state index is 0.172. The number of ether oxygens (including phenoxy) is 1. The van der Waals surface area contributed by atoms with E-state index in [0.29, 0.717) is 18.1 Å². The number of rotatable bonds is 2. The van der Waals surface area contributed by atoms with Crippen LogP contribution in [-0.4, -0.2) is 54.1 Å². The number of carbonyl (C=O) groups excluding carboxylic acids is 2. The van der Waals surface area contributed by atoms with E-state index < -0.39 is 11.0 Å². The zero-order chi connectivity index (χ0) is 17.7. The zero-order valence-corrected chi connectivity index (χ0v) is 15.2. The van der Waals surface area contributed by atoms with Crippen LogP contribution < -0.4 is 0 Å². The first-order valence-electron chi connectivity index (χ1n) is 8.94. The fourth-order valence-corrected chi connectivity index (χ4v) is 4.63. The Bertz CT molecular complexity index is 701. The summed E-state index contributed by atoms with van der Waals surface area (Å²) in [5, 5.41) is 0.684. The molecular formula is C19H23ClN2O3. The van der Waals surface area contributed by atoms with Gasteiger partial charge in [0, 0.05) is 18.6 Å². The highest BCUT2D eigenvalue weighted by atomic mass is 35.5. The van der Waals surface area contributed by atoms with E-state index in [1.807, 2.05) is 29.2 Å². The monoisotopic (exact) mass is 362 g/mol. The predicted molar refractivity (Wildman–Crippen MR) is 94.6 cm³/mol. The smallest absolute Gasteiger partial charge is 0.410 e. The molecule has 6 heteroatoms. The van der Waals surface area contributed by atoms with Crippen molar-refractivity contribution in [2.45, 2.75) is 43.1 Å². The molecule has 0 N–H and O–H groups in total. The van der Waals surface area contributed by atoms with Crippen LogP contribution in [0.1, 0.15) is 37.7 Å². The Morgan fingerprint density at radius 2 is 1.84 bits per heavy atom. The van der Waals surface area contributed by atoms with Gasteiger partial charge >= 0.3 is 6.09 Å². The lowest BCUT2D eigenvalue weighted by molar-refractivity contribution is -0.146. The molecule has 1 aromatic rings. The Labute approximate surface area is 152 Å². The summed E-state index contributed by atoms with van der Waals surface area (Å²) in [4.78, 5) is 28.8. The minimum Gasteiger partial charge on any atom is -0.439 e. The van der Waals surface area contributed by atoms with E-state index in [4.69, 9.17) is 16.3 Å². The number of benzene rings is 1. The van der Waals surface area contributed by atoms with Crippen molar-refractivity contribution in [3.63, 3.8) is 0 Å². The van der Waals surface area contributed by atoms with Crippen molar-refractivity contribution < 1.29 is 14.3 Å². The van der Waals surface area contributed by atoms with Gasteiger partial charge < -0.3 is 14.5 Å². The molecule has 2 heterocycles. The Morgan fingerprint density at radius 1 is 1.12 bits per heavy atom. The van der Waals surface area contributed by atoms with E-state index in [1.54, 1.807) is 11.9 Å². The number of carbonyl (C=O) groups is 2. The molecule has 3 fully saturated rings. The first-order valence-corrected chi connectivity index (χ1v) is 9.32. The molecule has 25 heavy (non-hydrogen) atoms. The van der Waals surface area contributed by atoms with Crippen molar-refractivity contribution in [3.8, 4) is 0 Å². The molecule has 1 saturated carbocycles. The topological polar surface area (TPSA) is 49.9 Å². The molecule has 134 valence electrons. The maximum atomic E-state index is 13.4. The molecule has 1 atom stereocenters. The maximum absolute atomic E-state index is 13.4. The number of likely N-dealkylation sites (N-methyl/N-ethyl adjacent to an activating group) is 1. The molecule has 1 aliphatic carbocycles. The molecule has 1 aromatic carbocycles. The van der Waals surface area contributed by atoms with Gasteiger partial charge in [-0.1, -0.05) is 30.2 Å². The molecule has 1 spiro atoms. The van der Waals surface area contributed by atoms with Gasteiger partial charge in [-0.15, -0.1) is 0 Å². The van der Waals surface area contributed by atoms with Gasteiger partial charge in [0.1, 0.15) is 5.60 Å². The highest BCUT2D eigenvalue weighted by Gasteiger charge is 2.52. The Balaban J connectivity index is 1.57. The van der Waals surface area contributed by atoms with Crippen LogP contribution >= 0.6 is 11.6 Å². The zero-order valence-electron chi connectivity index (χ0n) is 14.5. The van der Waals surface area contributed by atoms with Gasteiger partial charge in [0.15, 0.2) is 0 Å². The molecule has 2 aliphatic heterocycles. The van der Waals surface area contributed by atoms with Crippen molar-refractivity contribution in [1.82, 2.24) is 9.80 Å². The van der Waals surface area contributed by atoms with Gasteiger partial charge in [-0.2, -0.15) is 0 Å². The summed E-state index contributed by atoms with van der Waals surface area (Å²) >= 11 is 6.01. The quantitative estimate of drug-likeness (QED) is 0.811. The number of piperidine rings is 1. The minimum atomic E-state index is -0.537. The highest BCUT2D eigenvalue weighted by molar-refractivity contribution is 6.30. The third-order valence-electron chi connectivity index (χ3n) is 5.98. The van der Waals surface area contributed by atoms with E-state index in [0.717, 1.165) is 44.2 Å². The third kappa shape index (κ3) is 2.69. The van der Waals surface area contributed by atoms with Gasteiger partial charge in [0.2, 0.25) is 5.91 Å². The van der Waals surface area contributed by atoms with E-state index >= 15 is 0 Å². The number of nitrogens with zero attached hydrogens (tertiary/aromatic N) is 2. The first-order chi connectivity index (χ1) is 11.9. The predicted octanol–water partition coefficient (Wildman–Crippen LogP) is 3.20. The fourth-order valence-electron chi connectivity index (χ4n) is 4.50. The number of hydrogen-bond donors (Lipinski definition) is 0. The second kappa shape index (κ2) is 5.90. The summed E-state index contributed by atoms with van der Waals surface area (Å²) in [7, 11) is 1.75. The van der Waals surface area contributed by atoms with E-state index in [1.165, 1.54) is 0 Å². The van der Waals surface area contributed by atoms with Crippen LogP contribution in [0.25, 0.3) is 0 Å². The molecule has 4 rings (SSSR count). The molecule has 1 unspecified atom stereocenters.